The number of hydrogen-bond donors (Lipinski definition) is 1. The van der Waals surface area contributed by atoms with Gasteiger partial charge < -0.3 is 15.5 Å². The maximum atomic E-state index is 12.7. The molecule has 132 valence electrons. The fraction of sp³-hybridized carbons (Fsp3) is 0.529. The highest BCUT2D eigenvalue weighted by molar-refractivity contribution is 9.10. The molecule has 5 nitrogen and oxygen atoms in total. The number of hydrogen-bond acceptors (Lipinski definition) is 3. The smallest absolute Gasteiger partial charge is 0.239 e. The number of halogens is 2. The van der Waals surface area contributed by atoms with Crippen LogP contribution in [0.5, 0.6) is 0 Å². The fourth-order valence-electron chi connectivity index (χ4n) is 3.41. The SMILES string of the molecule is CC1(CN)CCN(C(=O)C2CCN(c3cccc(Br)c3)C2=O)C1.Cl. The minimum Gasteiger partial charge on any atom is -0.341 e. The van der Waals surface area contributed by atoms with Crippen LogP contribution >= 0.6 is 28.3 Å². The van der Waals surface area contributed by atoms with Crippen LogP contribution in [0.1, 0.15) is 19.8 Å². The molecule has 0 bridgehead atoms. The van der Waals surface area contributed by atoms with E-state index >= 15 is 0 Å². The normalized spacial score (nSPS) is 26.6. The summed E-state index contributed by atoms with van der Waals surface area (Å²) in [5.74, 6) is -0.673. The van der Waals surface area contributed by atoms with Gasteiger partial charge in [0.2, 0.25) is 11.8 Å². The van der Waals surface area contributed by atoms with Crippen molar-refractivity contribution in [3.8, 4) is 0 Å². The van der Waals surface area contributed by atoms with E-state index in [1.54, 1.807) is 4.90 Å². The number of rotatable bonds is 3. The lowest BCUT2D eigenvalue weighted by atomic mass is 9.90. The Morgan fingerprint density at radius 2 is 2.17 bits per heavy atom. The first-order chi connectivity index (χ1) is 10.9. The van der Waals surface area contributed by atoms with Gasteiger partial charge >= 0.3 is 0 Å². The van der Waals surface area contributed by atoms with Crippen molar-refractivity contribution in [2.75, 3.05) is 31.1 Å². The molecule has 0 aromatic heterocycles. The molecule has 2 unspecified atom stereocenters. The van der Waals surface area contributed by atoms with Crippen LogP contribution in [0.25, 0.3) is 0 Å². The second kappa shape index (κ2) is 7.42. The number of likely N-dealkylation sites (tertiary alicyclic amines) is 1. The van der Waals surface area contributed by atoms with Crippen LogP contribution in [0.15, 0.2) is 28.7 Å². The Labute approximate surface area is 157 Å². The molecule has 2 heterocycles. The van der Waals surface area contributed by atoms with Gasteiger partial charge in [0, 0.05) is 29.8 Å². The Morgan fingerprint density at radius 3 is 2.79 bits per heavy atom. The van der Waals surface area contributed by atoms with Gasteiger partial charge in [0.15, 0.2) is 0 Å². The summed E-state index contributed by atoms with van der Waals surface area (Å²) >= 11 is 3.42. The van der Waals surface area contributed by atoms with Gasteiger partial charge in [-0.3, -0.25) is 9.59 Å². The predicted octanol–water partition coefficient (Wildman–Crippen LogP) is 2.42. The molecule has 1 aromatic carbocycles. The van der Waals surface area contributed by atoms with E-state index in [1.165, 1.54) is 0 Å². The summed E-state index contributed by atoms with van der Waals surface area (Å²) in [7, 11) is 0. The molecule has 0 radical (unpaired) electrons. The number of amides is 2. The Bertz CT molecular complexity index is 642. The Balaban J connectivity index is 0.00000208. The van der Waals surface area contributed by atoms with E-state index < -0.39 is 5.92 Å². The highest BCUT2D eigenvalue weighted by Crippen LogP contribution is 2.33. The largest absolute Gasteiger partial charge is 0.341 e. The zero-order valence-corrected chi connectivity index (χ0v) is 16.1. The highest BCUT2D eigenvalue weighted by atomic mass is 79.9. The molecule has 2 aliphatic rings. The molecular weight excluding hydrogens is 394 g/mol. The first kappa shape index (κ1) is 19.2. The number of nitrogens with zero attached hydrogens (tertiary/aromatic N) is 2. The van der Waals surface area contributed by atoms with Gasteiger partial charge in [-0.15, -0.1) is 12.4 Å². The number of anilines is 1. The molecular formula is C17H23BrClN3O2. The van der Waals surface area contributed by atoms with Gasteiger partial charge in [-0.1, -0.05) is 28.9 Å². The standard InChI is InChI=1S/C17H22BrN3O2.ClH/c1-17(10-19)6-8-20(11-17)15(22)14-5-7-21(16(14)23)13-4-2-3-12(18)9-13;/h2-4,9,14H,5-8,10-11,19H2,1H3;1H. The Morgan fingerprint density at radius 1 is 1.42 bits per heavy atom. The molecule has 1 aromatic rings. The maximum absolute atomic E-state index is 12.7. The first-order valence-corrected chi connectivity index (χ1v) is 8.79. The molecule has 2 aliphatic heterocycles. The molecule has 7 heteroatoms. The summed E-state index contributed by atoms with van der Waals surface area (Å²) in [5, 5.41) is 0. The average Bonchev–Trinajstić information content (AvgIpc) is 3.11. The summed E-state index contributed by atoms with van der Waals surface area (Å²) in [6, 6.07) is 7.63. The molecule has 2 atom stereocenters. The van der Waals surface area contributed by atoms with Crippen molar-refractivity contribution in [2.24, 2.45) is 17.1 Å². The maximum Gasteiger partial charge on any atom is 0.239 e. The van der Waals surface area contributed by atoms with Gasteiger partial charge in [-0.05, 0) is 43.0 Å². The van der Waals surface area contributed by atoms with Gasteiger partial charge in [-0.25, -0.2) is 0 Å². The van der Waals surface area contributed by atoms with Gasteiger partial charge in [0.1, 0.15) is 5.92 Å². The number of carbonyl (C=O) groups excluding carboxylic acids is 2. The zero-order chi connectivity index (χ0) is 16.6. The molecule has 24 heavy (non-hydrogen) atoms. The number of carbonyl (C=O) groups is 2. The quantitative estimate of drug-likeness (QED) is 0.770. The average molecular weight is 417 g/mol. The van der Waals surface area contributed by atoms with Crippen molar-refractivity contribution in [1.29, 1.82) is 0 Å². The van der Waals surface area contributed by atoms with Crippen LogP contribution in [0.3, 0.4) is 0 Å². The van der Waals surface area contributed by atoms with Crippen molar-refractivity contribution in [3.63, 3.8) is 0 Å². The minimum atomic E-state index is -0.547. The topological polar surface area (TPSA) is 66.6 Å². The summed E-state index contributed by atoms with van der Waals surface area (Å²) in [4.78, 5) is 29.0. The van der Waals surface area contributed by atoms with E-state index in [0.717, 1.165) is 16.6 Å². The van der Waals surface area contributed by atoms with Crippen LogP contribution in [0.4, 0.5) is 5.69 Å². The lowest BCUT2D eigenvalue weighted by Gasteiger charge is -2.24. The monoisotopic (exact) mass is 415 g/mol. The molecule has 2 saturated heterocycles. The van der Waals surface area contributed by atoms with Gasteiger partial charge in [0.05, 0.1) is 0 Å². The summed E-state index contributed by atoms with van der Waals surface area (Å²) in [6.45, 7) is 4.62. The van der Waals surface area contributed by atoms with Gasteiger partial charge in [-0.2, -0.15) is 0 Å². The summed E-state index contributed by atoms with van der Waals surface area (Å²) < 4.78 is 0.927. The second-order valence-corrected chi connectivity index (χ2v) is 7.75. The predicted molar refractivity (Wildman–Crippen MR) is 100 cm³/mol. The van der Waals surface area contributed by atoms with Crippen molar-refractivity contribution in [3.05, 3.63) is 28.7 Å². The van der Waals surface area contributed by atoms with E-state index in [1.807, 2.05) is 29.2 Å². The summed E-state index contributed by atoms with van der Waals surface area (Å²) in [6.07, 6.45) is 1.49. The molecule has 2 fully saturated rings. The molecule has 0 spiro atoms. The Kier molecular flexibility index (Phi) is 5.94. The lowest BCUT2D eigenvalue weighted by Crippen LogP contribution is -2.40. The molecule has 2 amide bonds. The second-order valence-electron chi connectivity index (χ2n) is 6.84. The molecule has 2 N–H and O–H groups in total. The van der Waals surface area contributed by atoms with Crippen LogP contribution < -0.4 is 10.6 Å². The number of benzene rings is 1. The van der Waals surface area contributed by atoms with Crippen molar-refractivity contribution in [2.45, 2.75) is 19.8 Å². The van der Waals surface area contributed by atoms with E-state index in [9.17, 15) is 9.59 Å². The summed E-state index contributed by atoms with van der Waals surface area (Å²) in [5.41, 5.74) is 6.63. The fourth-order valence-corrected chi connectivity index (χ4v) is 3.80. The van der Waals surface area contributed by atoms with Gasteiger partial charge in [0.25, 0.3) is 0 Å². The van der Waals surface area contributed by atoms with E-state index in [2.05, 4.69) is 22.9 Å². The van der Waals surface area contributed by atoms with E-state index in [0.29, 0.717) is 32.6 Å². The van der Waals surface area contributed by atoms with Crippen LogP contribution in [0, 0.1) is 11.3 Å². The van der Waals surface area contributed by atoms with E-state index in [-0.39, 0.29) is 29.6 Å². The van der Waals surface area contributed by atoms with Crippen molar-refractivity contribution < 1.29 is 9.59 Å². The third-order valence-corrected chi connectivity index (χ3v) is 5.48. The highest BCUT2D eigenvalue weighted by Gasteiger charge is 2.43. The Hall–Kier alpha value is -1.11. The van der Waals surface area contributed by atoms with Crippen LogP contribution in [0.2, 0.25) is 0 Å². The molecule has 3 rings (SSSR count). The molecule has 0 saturated carbocycles. The van der Waals surface area contributed by atoms with Crippen molar-refractivity contribution in [1.82, 2.24) is 4.90 Å². The third-order valence-electron chi connectivity index (χ3n) is 4.99. The van der Waals surface area contributed by atoms with E-state index in [4.69, 9.17) is 5.73 Å². The third kappa shape index (κ3) is 3.60. The zero-order valence-electron chi connectivity index (χ0n) is 13.7. The molecule has 0 aliphatic carbocycles. The van der Waals surface area contributed by atoms with Crippen LogP contribution in [-0.4, -0.2) is 42.9 Å². The number of nitrogens with two attached hydrogens (primary N) is 1. The van der Waals surface area contributed by atoms with Crippen LogP contribution in [-0.2, 0) is 9.59 Å². The first-order valence-electron chi connectivity index (χ1n) is 7.99. The van der Waals surface area contributed by atoms with Crippen molar-refractivity contribution >= 4 is 45.8 Å². The minimum absolute atomic E-state index is 0. The lowest BCUT2D eigenvalue weighted by molar-refractivity contribution is -0.139.